The minimum absolute atomic E-state index is 0.358. The van der Waals surface area contributed by atoms with Crippen molar-refractivity contribution in [3.63, 3.8) is 0 Å². The van der Waals surface area contributed by atoms with Gasteiger partial charge in [0.1, 0.15) is 5.01 Å². The summed E-state index contributed by atoms with van der Waals surface area (Å²) < 4.78 is 0.800. The minimum atomic E-state index is -1.09. The van der Waals surface area contributed by atoms with Gasteiger partial charge in [0.2, 0.25) is 5.91 Å². The minimum Gasteiger partial charge on any atom is -0.481 e. The van der Waals surface area contributed by atoms with Gasteiger partial charge < -0.3 is 10.8 Å². The average molecular weight is 285 g/mol. The fourth-order valence-electron chi connectivity index (χ4n) is 1.55. The van der Waals surface area contributed by atoms with Gasteiger partial charge in [-0.2, -0.15) is 0 Å². The number of primary amides is 1. The molecule has 0 radical (unpaired) electrons. The van der Waals surface area contributed by atoms with E-state index in [0.717, 1.165) is 4.70 Å². The van der Waals surface area contributed by atoms with Gasteiger partial charge in [-0.1, -0.05) is 11.6 Å². The molecule has 1 aromatic carbocycles. The van der Waals surface area contributed by atoms with E-state index in [4.69, 9.17) is 22.4 Å². The molecular formula is C11H9ClN2O3S. The molecule has 0 spiro atoms. The molecule has 1 aromatic heterocycles. The molecule has 7 heteroatoms. The number of hydrogen-bond donors (Lipinski definition) is 2. The van der Waals surface area contributed by atoms with Crippen LogP contribution in [-0.2, 0) is 9.59 Å². The van der Waals surface area contributed by atoms with E-state index in [1.54, 1.807) is 18.2 Å². The average Bonchev–Trinajstić information content (AvgIpc) is 2.67. The molecule has 0 saturated carbocycles. The first kappa shape index (κ1) is 12.8. The maximum absolute atomic E-state index is 11.3. The maximum Gasteiger partial charge on any atom is 0.304 e. The number of rotatable bonds is 4. The highest BCUT2D eigenvalue weighted by Gasteiger charge is 2.24. The Kier molecular flexibility index (Phi) is 3.49. The molecule has 1 atom stereocenters. The Balaban J connectivity index is 2.44. The van der Waals surface area contributed by atoms with Crippen molar-refractivity contribution in [1.29, 1.82) is 0 Å². The first-order valence-electron chi connectivity index (χ1n) is 5.04. The Morgan fingerprint density at radius 3 is 2.83 bits per heavy atom. The zero-order chi connectivity index (χ0) is 13.3. The van der Waals surface area contributed by atoms with Gasteiger partial charge in [-0.3, -0.25) is 9.59 Å². The van der Waals surface area contributed by atoms with E-state index >= 15 is 0 Å². The summed E-state index contributed by atoms with van der Waals surface area (Å²) >= 11 is 7.08. The third-order valence-electron chi connectivity index (χ3n) is 2.39. The second-order valence-electron chi connectivity index (χ2n) is 3.72. The van der Waals surface area contributed by atoms with Gasteiger partial charge in [0.15, 0.2) is 0 Å². The number of nitrogens with two attached hydrogens (primary N) is 1. The second-order valence-corrected chi connectivity index (χ2v) is 5.22. The molecule has 94 valence electrons. The van der Waals surface area contributed by atoms with Crippen molar-refractivity contribution >= 4 is 45.0 Å². The lowest BCUT2D eigenvalue weighted by Crippen LogP contribution is -2.23. The summed E-state index contributed by atoms with van der Waals surface area (Å²) in [7, 11) is 0. The molecular weight excluding hydrogens is 276 g/mol. The quantitative estimate of drug-likeness (QED) is 0.898. The lowest BCUT2D eigenvalue weighted by atomic mass is 10.1. The second kappa shape index (κ2) is 4.91. The predicted molar refractivity (Wildman–Crippen MR) is 68.8 cm³/mol. The molecule has 0 fully saturated rings. The summed E-state index contributed by atoms with van der Waals surface area (Å²) in [5.74, 6) is -2.68. The standard InChI is InChI=1S/C11H9ClN2O3S/c12-5-1-2-7-8(3-5)18-11(14-7)6(10(13)17)4-9(15)16/h1-3,6H,4H2,(H2,13,17)(H,15,16). The van der Waals surface area contributed by atoms with Crippen molar-refractivity contribution in [2.75, 3.05) is 0 Å². The van der Waals surface area contributed by atoms with E-state index in [1.165, 1.54) is 11.3 Å². The first-order chi connectivity index (χ1) is 8.47. The normalized spacial score (nSPS) is 12.5. The van der Waals surface area contributed by atoms with Gasteiger partial charge in [-0.15, -0.1) is 11.3 Å². The Morgan fingerprint density at radius 1 is 1.50 bits per heavy atom. The van der Waals surface area contributed by atoms with Crippen LogP contribution in [0.1, 0.15) is 17.3 Å². The van der Waals surface area contributed by atoms with E-state index < -0.39 is 17.8 Å². The lowest BCUT2D eigenvalue weighted by molar-refractivity contribution is -0.139. The molecule has 1 heterocycles. The fraction of sp³-hybridized carbons (Fsp3) is 0.182. The Labute approximate surface area is 111 Å². The van der Waals surface area contributed by atoms with Crippen LogP contribution in [-0.4, -0.2) is 22.0 Å². The van der Waals surface area contributed by atoms with Gasteiger partial charge in [-0.05, 0) is 18.2 Å². The lowest BCUT2D eigenvalue weighted by Gasteiger charge is -2.06. The smallest absolute Gasteiger partial charge is 0.304 e. The van der Waals surface area contributed by atoms with Crippen LogP contribution in [0.2, 0.25) is 5.02 Å². The zero-order valence-corrected chi connectivity index (χ0v) is 10.7. The summed E-state index contributed by atoms with van der Waals surface area (Å²) in [4.78, 5) is 26.2. The Bertz CT molecular complexity index is 626. The summed E-state index contributed by atoms with van der Waals surface area (Å²) in [6, 6.07) is 5.12. The third-order valence-corrected chi connectivity index (χ3v) is 3.75. The molecule has 0 aliphatic rings. The number of amides is 1. The van der Waals surface area contributed by atoms with Crippen molar-refractivity contribution in [3.05, 3.63) is 28.2 Å². The molecule has 0 saturated heterocycles. The number of benzene rings is 1. The molecule has 0 aliphatic carbocycles. The zero-order valence-electron chi connectivity index (χ0n) is 9.09. The molecule has 0 aliphatic heterocycles. The summed E-state index contributed by atoms with van der Waals surface area (Å²) in [5.41, 5.74) is 5.88. The van der Waals surface area contributed by atoms with Crippen molar-refractivity contribution < 1.29 is 14.7 Å². The number of aromatic nitrogens is 1. The van der Waals surface area contributed by atoms with Crippen LogP contribution in [0.15, 0.2) is 18.2 Å². The van der Waals surface area contributed by atoms with Crippen LogP contribution >= 0.6 is 22.9 Å². The van der Waals surface area contributed by atoms with Gasteiger partial charge in [0.25, 0.3) is 0 Å². The van der Waals surface area contributed by atoms with Crippen molar-refractivity contribution in [2.24, 2.45) is 5.73 Å². The molecule has 5 nitrogen and oxygen atoms in total. The van der Waals surface area contributed by atoms with Crippen LogP contribution in [0.25, 0.3) is 10.2 Å². The van der Waals surface area contributed by atoms with Crippen molar-refractivity contribution in [3.8, 4) is 0 Å². The maximum atomic E-state index is 11.3. The van der Waals surface area contributed by atoms with Crippen molar-refractivity contribution in [1.82, 2.24) is 4.98 Å². The third kappa shape index (κ3) is 2.60. The number of fused-ring (bicyclic) bond motifs is 1. The number of thiazole rings is 1. The van der Waals surface area contributed by atoms with Crippen LogP contribution in [0.4, 0.5) is 0 Å². The number of aliphatic carboxylic acids is 1. The van der Waals surface area contributed by atoms with E-state index in [-0.39, 0.29) is 6.42 Å². The van der Waals surface area contributed by atoms with Gasteiger partial charge in [-0.25, -0.2) is 4.98 Å². The van der Waals surface area contributed by atoms with Gasteiger partial charge in [0.05, 0.1) is 22.6 Å². The largest absolute Gasteiger partial charge is 0.481 e. The van der Waals surface area contributed by atoms with Crippen LogP contribution < -0.4 is 5.73 Å². The number of carbonyl (C=O) groups excluding carboxylic acids is 1. The number of carboxylic acids is 1. The molecule has 18 heavy (non-hydrogen) atoms. The van der Waals surface area contributed by atoms with Crippen LogP contribution in [0.3, 0.4) is 0 Å². The number of halogens is 1. The van der Waals surface area contributed by atoms with Crippen LogP contribution in [0, 0.1) is 0 Å². The summed E-state index contributed by atoms with van der Waals surface area (Å²) in [5, 5.41) is 9.73. The van der Waals surface area contributed by atoms with Crippen molar-refractivity contribution in [2.45, 2.75) is 12.3 Å². The molecule has 2 aromatic rings. The number of carboxylic acid groups (broad SMARTS) is 1. The van der Waals surface area contributed by atoms with Gasteiger partial charge in [0, 0.05) is 5.02 Å². The highest BCUT2D eigenvalue weighted by atomic mass is 35.5. The van der Waals surface area contributed by atoms with E-state index in [1.807, 2.05) is 0 Å². The molecule has 1 amide bonds. The Hall–Kier alpha value is -1.66. The SMILES string of the molecule is NC(=O)C(CC(=O)O)c1nc2ccc(Cl)cc2s1. The van der Waals surface area contributed by atoms with Gasteiger partial charge >= 0.3 is 5.97 Å². The first-order valence-corrected chi connectivity index (χ1v) is 6.24. The van der Waals surface area contributed by atoms with E-state index in [0.29, 0.717) is 15.5 Å². The fourth-order valence-corrected chi connectivity index (χ4v) is 2.90. The highest BCUT2D eigenvalue weighted by molar-refractivity contribution is 7.18. The topological polar surface area (TPSA) is 93.3 Å². The summed E-state index contributed by atoms with van der Waals surface area (Å²) in [6.45, 7) is 0. The van der Waals surface area contributed by atoms with Crippen LogP contribution in [0.5, 0.6) is 0 Å². The summed E-state index contributed by atoms with van der Waals surface area (Å²) in [6.07, 6.45) is -0.358. The molecule has 2 rings (SSSR count). The predicted octanol–water partition coefficient (Wildman–Crippen LogP) is 1.99. The monoisotopic (exact) mass is 284 g/mol. The van der Waals surface area contributed by atoms with E-state index in [9.17, 15) is 9.59 Å². The Morgan fingerprint density at radius 2 is 2.22 bits per heavy atom. The highest BCUT2D eigenvalue weighted by Crippen LogP contribution is 2.30. The molecule has 0 bridgehead atoms. The van der Waals surface area contributed by atoms with E-state index in [2.05, 4.69) is 4.98 Å². The number of carbonyl (C=O) groups is 2. The number of hydrogen-bond acceptors (Lipinski definition) is 4. The molecule has 3 N–H and O–H groups in total. The molecule has 1 unspecified atom stereocenters. The number of nitrogens with zero attached hydrogens (tertiary/aromatic N) is 1.